The zero-order valence-corrected chi connectivity index (χ0v) is 21.2. The second-order valence-corrected chi connectivity index (χ2v) is 13.2. The fourth-order valence-electron chi connectivity index (χ4n) is 5.48. The summed E-state index contributed by atoms with van der Waals surface area (Å²) in [6, 6.07) is 0.216. The molecule has 0 rings (SSSR count). The average molecular weight is 399 g/mol. The third-order valence-electron chi connectivity index (χ3n) is 5.45. The lowest BCUT2D eigenvalue weighted by atomic mass is 9.76. The fourth-order valence-corrected chi connectivity index (χ4v) is 5.48. The SMILES string of the molecule is CCC(C)(N)CC(C)(C)CN(CC(C)(C)CC(C)N)CC(C)(C)CC(C)(C)N. The third kappa shape index (κ3) is 13.1. The van der Waals surface area contributed by atoms with Crippen LogP contribution in [0.2, 0.25) is 0 Å². The Morgan fingerprint density at radius 3 is 1.46 bits per heavy atom. The van der Waals surface area contributed by atoms with Crippen molar-refractivity contribution in [2.45, 2.75) is 119 Å². The van der Waals surface area contributed by atoms with Crippen LogP contribution < -0.4 is 17.2 Å². The second kappa shape index (κ2) is 9.76. The molecule has 2 unspecified atom stereocenters. The summed E-state index contributed by atoms with van der Waals surface area (Å²) in [5, 5.41) is 0. The Kier molecular flexibility index (Phi) is 9.71. The summed E-state index contributed by atoms with van der Waals surface area (Å²) in [6.45, 7) is 27.9. The monoisotopic (exact) mass is 398 g/mol. The maximum atomic E-state index is 6.53. The van der Waals surface area contributed by atoms with Gasteiger partial charge < -0.3 is 22.1 Å². The zero-order chi connectivity index (χ0) is 22.6. The Morgan fingerprint density at radius 2 is 1.11 bits per heavy atom. The average Bonchev–Trinajstić information content (AvgIpc) is 2.29. The first kappa shape index (κ1) is 27.8. The minimum absolute atomic E-state index is 0.120. The van der Waals surface area contributed by atoms with Crippen LogP contribution in [-0.2, 0) is 0 Å². The van der Waals surface area contributed by atoms with E-state index in [0.717, 1.165) is 45.3 Å². The van der Waals surface area contributed by atoms with Gasteiger partial charge in [-0.3, -0.25) is 0 Å². The summed E-state index contributed by atoms with van der Waals surface area (Å²) in [5.41, 5.74) is 19.2. The number of nitrogens with two attached hydrogens (primary N) is 3. The van der Waals surface area contributed by atoms with Crippen LogP contribution in [0.1, 0.15) is 102 Å². The molecule has 0 aliphatic rings. The van der Waals surface area contributed by atoms with E-state index in [2.05, 4.69) is 81.1 Å². The molecular weight excluding hydrogens is 344 g/mol. The molecule has 0 fully saturated rings. The van der Waals surface area contributed by atoms with Gasteiger partial charge in [0.05, 0.1) is 0 Å². The van der Waals surface area contributed by atoms with Crippen LogP contribution in [0, 0.1) is 16.2 Å². The molecule has 0 aliphatic carbocycles. The minimum atomic E-state index is -0.163. The normalized spacial score (nSPS) is 17.7. The summed E-state index contributed by atoms with van der Waals surface area (Å²) in [5.74, 6) is 0. The molecule has 0 aromatic rings. The first-order valence-electron chi connectivity index (χ1n) is 11.2. The van der Waals surface area contributed by atoms with E-state index >= 15 is 0 Å². The Hall–Kier alpha value is -0.160. The van der Waals surface area contributed by atoms with Crippen molar-refractivity contribution < 1.29 is 0 Å². The standard InChI is InChI=1S/C24H54N4/c1-12-24(11,27)15-22(7,8)18-28(16-20(3,4)13-19(2)25)17-21(5,6)14-23(9,10)26/h19H,12-18,25-27H2,1-11H3. The summed E-state index contributed by atoms with van der Waals surface area (Å²) in [7, 11) is 0. The van der Waals surface area contributed by atoms with Gasteiger partial charge in [0.2, 0.25) is 0 Å². The predicted octanol–water partition coefficient (Wildman–Crippen LogP) is 4.75. The molecule has 0 aliphatic heterocycles. The third-order valence-corrected chi connectivity index (χ3v) is 5.45. The van der Waals surface area contributed by atoms with Crippen LogP contribution in [0.15, 0.2) is 0 Å². The van der Waals surface area contributed by atoms with Gasteiger partial charge in [-0.2, -0.15) is 0 Å². The van der Waals surface area contributed by atoms with Crippen molar-refractivity contribution in [2.75, 3.05) is 19.6 Å². The smallest absolute Gasteiger partial charge is 0.0128 e. The summed E-state index contributed by atoms with van der Waals surface area (Å²) < 4.78 is 0. The summed E-state index contributed by atoms with van der Waals surface area (Å²) >= 11 is 0. The van der Waals surface area contributed by atoms with Gasteiger partial charge in [-0.1, -0.05) is 48.5 Å². The molecule has 0 heterocycles. The topological polar surface area (TPSA) is 81.3 Å². The van der Waals surface area contributed by atoms with Crippen LogP contribution in [0.3, 0.4) is 0 Å². The molecule has 28 heavy (non-hydrogen) atoms. The summed E-state index contributed by atoms with van der Waals surface area (Å²) in [4.78, 5) is 2.65. The zero-order valence-electron chi connectivity index (χ0n) is 21.2. The van der Waals surface area contributed by atoms with Crippen LogP contribution in [-0.4, -0.2) is 41.7 Å². The molecule has 0 saturated heterocycles. The van der Waals surface area contributed by atoms with E-state index in [0.29, 0.717) is 0 Å². The number of rotatable bonds is 13. The Labute approximate surface area is 177 Å². The largest absolute Gasteiger partial charge is 0.328 e. The molecule has 0 aromatic carbocycles. The van der Waals surface area contributed by atoms with E-state index in [-0.39, 0.29) is 33.4 Å². The number of hydrogen-bond donors (Lipinski definition) is 3. The Balaban J connectivity index is 5.49. The van der Waals surface area contributed by atoms with Gasteiger partial charge in [-0.15, -0.1) is 0 Å². The van der Waals surface area contributed by atoms with E-state index in [1.807, 2.05) is 0 Å². The molecule has 0 saturated carbocycles. The Bertz CT molecular complexity index is 456. The maximum Gasteiger partial charge on any atom is 0.0128 e. The van der Waals surface area contributed by atoms with Gasteiger partial charge in [0.1, 0.15) is 0 Å². The van der Waals surface area contributed by atoms with E-state index in [1.165, 1.54) is 0 Å². The van der Waals surface area contributed by atoms with Gasteiger partial charge >= 0.3 is 0 Å². The van der Waals surface area contributed by atoms with E-state index in [4.69, 9.17) is 17.2 Å². The summed E-state index contributed by atoms with van der Waals surface area (Å²) in [6.07, 6.45) is 4.04. The molecule has 0 radical (unpaired) electrons. The highest BCUT2D eigenvalue weighted by Crippen LogP contribution is 2.35. The van der Waals surface area contributed by atoms with Gasteiger partial charge in [0.15, 0.2) is 0 Å². The van der Waals surface area contributed by atoms with Gasteiger partial charge in [-0.25, -0.2) is 0 Å². The highest BCUT2D eigenvalue weighted by atomic mass is 15.1. The molecule has 0 spiro atoms. The lowest BCUT2D eigenvalue weighted by Crippen LogP contribution is -2.50. The molecule has 0 amide bonds. The van der Waals surface area contributed by atoms with Crippen LogP contribution in [0.25, 0.3) is 0 Å². The van der Waals surface area contributed by atoms with Crippen molar-refractivity contribution in [1.82, 2.24) is 4.90 Å². The van der Waals surface area contributed by atoms with Crippen molar-refractivity contribution >= 4 is 0 Å². The number of nitrogens with zero attached hydrogens (tertiary/aromatic N) is 1. The van der Waals surface area contributed by atoms with E-state index in [9.17, 15) is 0 Å². The quantitative estimate of drug-likeness (QED) is 0.418. The first-order valence-corrected chi connectivity index (χ1v) is 11.2. The van der Waals surface area contributed by atoms with Crippen molar-refractivity contribution in [3.8, 4) is 0 Å². The van der Waals surface area contributed by atoms with E-state index < -0.39 is 0 Å². The predicted molar refractivity (Wildman–Crippen MR) is 126 cm³/mol. The molecule has 2 atom stereocenters. The van der Waals surface area contributed by atoms with E-state index in [1.54, 1.807) is 0 Å². The number of hydrogen-bond acceptors (Lipinski definition) is 4. The van der Waals surface area contributed by atoms with Gasteiger partial charge in [0.25, 0.3) is 0 Å². The van der Waals surface area contributed by atoms with Crippen molar-refractivity contribution in [3.63, 3.8) is 0 Å². The highest BCUT2D eigenvalue weighted by Gasteiger charge is 2.35. The van der Waals surface area contributed by atoms with Gasteiger partial charge in [0, 0.05) is 36.8 Å². The molecule has 0 aromatic heterocycles. The van der Waals surface area contributed by atoms with Crippen LogP contribution in [0.4, 0.5) is 0 Å². The van der Waals surface area contributed by atoms with Crippen molar-refractivity contribution in [1.29, 1.82) is 0 Å². The lowest BCUT2D eigenvalue weighted by Gasteiger charge is -2.44. The van der Waals surface area contributed by atoms with Crippen molar-refractivity contribution in [2.24, 2.45) is 33.4 Å². The molecule has 4 nitrogen and oxygen atoms in total. The van der Waals surface area contributed by atoms with Gasteiger partial charge in [-0.05, 0) is 69.6 Å². The Morgan fingerprint density at radius 1 is 0.714 bits per heavy atom. The molecular formula is C24H54N4. The van der Waals surface area contributed by atoms with Crippen LogP contribution in [0.5, 0.6) is 0 Å². The highest BCUT2D eigenvalue weighted by molar-refractivity contribution is 4.91. The second-order valence-electron chi connectivity index (χ2n) is 13.2. The lowest BCUT2D eigenvalue weighted by molar-refractivity contribution is 0.0599. The first-order chi connectivity index (χ1) is 12.2. The molecule has 6 N–H and O–H groups in total. The molecule has 4 heteroatoms. The van der Waals surface area contributed by atoms with Crippen molar-refractivity contribution in [3.05, 3.63) is 0 Å². The van der Waals surface area contributed by atoms with Crippen LogP contribution >= 0.6 is 0 Å². The fraction of sp³-hybridized carbons (Fsp3) is 1.00. The molecule has 0 bridgehead atoms. The molecule has 170 valence electrons. The minimum Gasteiger partial charge on any atom is -0.328 e. The maximum absolute atomic E-state index is 6.53.